The van der Waals surface area contributed by atoms with Crippen molar-refractivity contribution in [1.82, 2.24) is 4.72 Å². The van der Waals surface area contributed by atoms with Crippen LogP contribution < -0.4 is 4.72 Å². The van der Waals surface area contributed by atoms with E-state index in [0.717, 1.165) is 18.2 Å². The van der Waals surface area contributed by atoms with Crippen molar-refractivity contribution >= 4 is 16.0 Å². The Balaban J connectivity index is 2.35. The summed E-state index contributed by atoms with van der Waals surface area (Å²) in [5.41, 5.74) is 0.213. The lowest BCUT2D eigenvalue weighted by Gasteiger charge is -2.17. The molecule has 0 heterocycles. The van der Waals surface area contributed by atoms with E-state index < -0.39 is 50.8 Å². The first-order valence-corrected chi connectivity index (χ1v) is 8.12. The van der Waals surface area contributed by atoms with Gasteiger partial charge in [0, 0.05) is 0 Å². The molecule has 0 spiro atoms. The van der Waals surface area contributed by atoms with E-state index in [1.807, 2.05) is 0 Å². The van der Waals surface area contributed by atoms with E-state index in [1.54, 1.807) is 0 Å². The fraction of sp³-hybridized carbons (Fsp3) is 0.133. The Bertz CT molecular complexity index is 854. The van der Waals surface area contributed by atoms with Gasteiger partial charge in [0.05, 0.1) is 17.4 Å². The van der Waals surface area contributed by atoms with Crippen molar-refractivity contribution in [2.24, 2.45) is 0 Å². The van der Waals surface area contributed by atoms with Crippen molar-refractivity contribution in [3.63, 3.8) is 0 Å². The van der Waals surface area contributed by atoms with E-state index in [1.165, 1.54) is 12.1 Å². The van der Waals surface area contributed by atoms with Gasteiger partial charge in [0.15, 0.2) is 11.6 Å². The Labute approximate surface area is 135 Å². The van der Waals surface area contributed by atoms with Gasteiger partial charge >= 0.3 is 5.97 Å². The fourth-order valence-corrected chi connectivity index (χ4v) is 3.23. The molecular weight excluding hydrogens is 347 g/mol. The van der Waals surface area contributed by atoms with Crippen molar-refractivity contribution in [2.75, 3.05) is 0 Å². The maximum atomic E-state index is 13.2. The third-order valence-electron chi connectivity index (χ3n) is 3.15. The second-order valence-corrected chi connectivity index (χ2v) is 6.61. The molecule has 0 aliphatic carbocycles. The molecule has 2 aromatic rings. The van der Waals surface area contributed by atoms with Gasteiger partial charge < -0.3 is 5.11 Å². The zero-order valence-electron chi connectivity index (χ0n) is 12.0. The first kappa shape index (κ1) is 18.0. The molecule has 2 N–H and O–H groups in total. The molecule has 0 aromatic heterocycles. The fourth-order valence-electron chi connectivity index (χ4n) is 2.00. The summed E-state index contributed by atoms with van der Waals surface area (Å²) < 4.78 is 65.7. The molecule has 0 fully saturated rings. The van der Waals surface area contributed by atoms with Crippen LogP contribution in [0, 0.1) is 17.5 Å². The molecule has 0 saturated carbocycles. The number of hydrogen-bond donors (Lipinski definition) is 2. The van der Waals surface area contributed by atoms with Gasteiger partial charge in [-0.05, 0) is 35.9 Å². The van der Waals surface area contributed by atoms with Crippen LogP contribution in [-0.4, -0.2) is 19.5 Å². The molecule has 128 valence electrons. The molecule has 0 bridgehead atoms. The molecule has 0 radical (unpaired) electrons. The molecule has 24 heavy (non-hydrogen) atoms. The van der Waals surface area contributed by atoms with Crippen molar-refractivity contribution in [2.45, 2.75) is 17.4 Å². The minimum Gasteiger partial charge on any atom is -0.481 e. The summed E-state index contributed by atoms with van der Waals surface area (Å²) in [4.78, 5) is 10.4. The lowest BCUT2D eigenvalue weighted by molar-refractivity contribution is -0.137. The van der Waals surface area contributed by atoms with Crippen LogP contribution in [0.5, 0.6) is 0 Å². The van der Waals surface area contributed by atoms with Gasteiger partial charge in [-0.15, -0.1) is 0 Å². The maximum absolute atomic E-state index is 13.2. The summed E-state index contributed by atoms with van der Waals surface area (Å²) in [6.07, 6.45) is -0.617. The number of carboxylic acids is 1. The lowest BCUT2D eigenvalue weighted by atomic mass is 10.1. The molecule has 1 unspecified atom stereocenters. The summed E-state index contributed by atoms with van der Waals surface area (Å²) in [6, 6.07) is 5.35. The number of carbonyl (C=O) groups is 1. The summed E-state index contributed by atoms with van der Waals surface area (Å²) in [5.74, 6) is -4.43. The quantitative estimate of drug-likeness (QED) is 0.830. The van der Waals surface area contributed by atoms with E-state index in [-0.39, 0.29) is 5.56 Å². The molecule has 1 atom stereocenters. The van der Waals surface area contributed by atoms with Gasteiger partial charge in [-0.25, -0.2) is 26.3 Å². The Morgan fingerprint density at radius 1 is 1.04 bits per heavy atom. The normalized spacial score (nSPS) is 12.8. The number of halogens is 3. The van der Waals surface area contributed by atoms with Gasteiger partial charge in [0.1, 0.15) is 5.82 Å². The van der Waals surface area contributed by atoms with Gasteiger partial charge in [-0.3, -0.25) is 4.79 Å². The highest BCUT2D eigenvalue weighted by molar-refractivity contribution is 7.89. The Morgan fingerprint density at radius 3 is 2.21 bits per heavy atom. The van der Waals surface area contributed by atoms with Crippen molar-refractivity contribution in [3.05, 3.63) is 65.5 Å². The van der Waals surface area contributed by atoms with Crippen LogP contribution in [0.2, 0.25) is 0 Å². The number of benzene rings is 2. The summed E-state index contributed by atoms with van der Waals surface area (Å²) in [7, 11) is -4.32. The first-order chi connectivity index (χ1) is 11.2. The Hall–Kier alpha value is -2.39. The van der Waals surface area contributed by atoms with Crippen molar-refractivity contribution < 1.29 is 31.5 Å². The smallest absolute Gasteiger partial charge is 0.305 e. The van der Waals surface area contributed by atoms with E-state index in [4.69, 9.17) is 5.11 Å². The predicted molar refractivity (Wildman–Crippen MR) is 78.1 cm³/mol. The number of hydrogen-bond acceptors (Lipinski definition) is 3. The van der Waals surface area contributed by atoms with Gasteiger partial charge in [-0.2, -0.15) is 0 Å². The number of aliphatic carboxylic acids is 1. The second kappa shape index (κ2) is 7.02. The predicted octanol–water partition coefficient (Wildman–Crippen LogP) is 2.60. The highest BCUT2D eigenvalue weighted by atomic mass is 32.2. The molecule has 0 amide bonds. The third-order valence-corrected chi connectivity index (χ3v) is 4.62. The number of sulfonamides is 1. The van der Waals surface area contributed by atoms with Crippen LogP contribution >= 0.6 is 0 Å². The zero-order chi connectivity index (χ0) is 17.9. The maximum Gasteiger partial charge on any atom is 0.305 e. The largest absolute Gasteiger partial charge is 0.481 e. The molecule has 2 rings (SSSR count). The molecule has 0 aliphatic rings. The third kappa shape index (κ3) is 4.33. The lowest BCUT2D eigenvalue weighted by Crippen LogP contribution is -2.30. The standard InChI is InChI=1S/C15H12F3NO4S/c16-10-3-1-9(2-4-10)14(8-15(20)21)19-24(22,23)11-5-6-12(17)13(18)7-11/h1-7,14,19H,8H2,(H,20,21). The van der Waals surface area contributed by atoms with E-state index in [9.17, 15) is 26.4 Å². The average molecular weight is 359 g/mol. The van der Waals surface area contributed by atoms with E-state index in [0.29, 0.717) is 12.1 Å². The molecule has 9 heteroatoms. The van der Waals surface area contributed by atoms with Gasteiger partial charge in [0.2, 0.25) is 10.0 Å². The molecule has 2 aromatic carbocycles. The molecule has 0 saturated heterocycles. The summed E-state index contributed by atoms with van der Waals surface area (Å²) in [5, 5.41) is 8.93. The van der Waals surface area contributed by atoms with E-state index >= 15 is 0 Å². The van der Waals surface area contributed by atoms with Crippen LogP contribution in [0.3, 0.4) is 0 Å². The molecule has 5 nitrogen and oxygen atoms in total. The molecule has 0 aliphatic heterocycles. The first-order valence-electron chi connectivity index (χ1n) is 6.63. The number of carboxylic acid groups (broad SMARTS) is 1. The molecular formula is C15H12F3NO4S. The highest BCUT2D eigenvalue weighted by Gasteiger charge is 2.24. The highest BCUT2D eigenvalue weighted by Crippen LogP contribution is 2.22. The van der Waals surface area contributed by atoms with Crippen LogP contribution in [0.4, 0.5) is 13.2 Å². The Kier molecular flexibility index (Phi) is 5.25. The van der Waals surface area contributed by atoms with Crippen molar-refractivity contribution in [3.8, 4) is 0 Å². The SMILES string of the molecule is O=C(O)CC(NS(=O)(=O)c1ccc(F)c(F)c1)c1ccc(F)cc1. The monoisotopic (exact) mass is 359 g/mol. The van der Waals surface area contributed by atoms with Gasteiger partial charge in [-0.1, -0.05) is 12.1 Å². The number of rotatable bonds is 6. The minimum absolute atomic E-state index is 0.213. The zero-order valence-corrected chi connectivity index (χ0v) is 12.9. The van der Waals surface area contributed by atoms with E-state index in [2.05, 4.69) is 4.72 Å². The minimum atomic E-state index is -4.32. The number of nitrogens with one attached hydrogen (secondary N) is 1. The second-order valence-electron chi connectivity index (χ2n) is 4.90. The van der Waals surface area contributed by atoms with Crippen molar-refractivity contribution in [1.29, 1.82) is 0 Å². The van der Waals surface area contributed by atoms with Crippen LogP contribution in [0.15, 0.2) is 47.4 Å². The van der Waals surface area contributed by atoms with Crippen LogP contribution in [0.25, 0.3) is 0 Å². The van der Waals surface area contributed by atoms with Crippen LogP contribution in [0.1, 0.15) is 18.0 Å². The summed E-state index contributed by atoms with van der Waals surface area (Å²) >= 11 is 0. The van der Waals surface area contributed by atoms with Crippen LogP contribution in [-0.2, 0) is 14.8 Å². The average Bonchev–Trinajstić information content (AvgIpc) is 2.49. The summed E-state index contributed by atoms with van der Waals surface area (Å²) in [6.45, 7) is 0. The topological polar surface area (TPSA) is 83.5 Å². The van der Waals surface area contributed by atoms with Gasteiger partial charge in [0.25, 0.3) is 0 Å². The Morgan fingerprint density at radius 2 is 1.67 bits per heavy atom.